The monoisotopic (exact) mass is 222 g/mol. The van der Waals surface area contributed by atoms with E-state index in [0.29, 0.717) is 17.1 Å². The standard InChI is InChI=1S/C11H10O5/c1-14-7-4-3-6-5-8(12)16-11(13)9(6)10(7)15-2/h3-4H,5H2,1-2H3. The lowest BCUT2D eigenvalue weighted by Crippen LogP contribution is -2.23. The summed E-state index contributed by atoms with van der Waals surface area (Å²) in [6, 6.07) is 3.32. The summed E-state index contributed by atoms with van der Waals surface area (Å²) in [4.78, 5) is 22.6. The molecule has 0 spiro atoms. The summed E-state index contributed by atoms with van der Waals surface area (Å²) in [6.45, 7) is 0. The van der Waals surface area contributed by atoms with E-state index in [1.165, 1.54) is 14.2 Å². The molecule has 1 aliphatic heterocycles. The highest BCUT2D eigenvalue weighted by Crippen LogP contribution is 2.35. The van der Waals surface area contributed by atoms with Gasteiger partial charge >= 0.3 is 11.9 Å². The van der Waals surface area contributed by atoms with Gasteiger partial charge in [-0.2, -0.15) is 0 Å². The second-order valence-corrected chi connectivity index (χ2v) is 3.27. The average molecular weight is 222 g/mol. The molecule has 0 atom stereocenters. The van der Waals surface area contributed by atoms with Gasteiger partial charge in [0.05, 0.1) is 20.6 Å². The van der Waals surface area contributed by atoms with Crippen LogP contribution in [0.15, 0.2) is 12.1 Å². The van der Waals surface area contributed by atoms with Crippen LogP contribution in [0.4, 0.5) is 0 Å². The smallest absolute Gasteiger partial charge is 0.350 e. The highest BCUT2D eigenvalue weighted by Gasteiger charge is 2.30. The Morgan fingerprint density at radius 1 is 1.19 bits per heavy atom. The molecule has 0 amide bonds. The van der Waals surface area contributed by atoms with E-state index in [1.807, 2.05) is 0 Å². The molecule has 0 fully saturated rings. The predicted octanol–water partition coefficient (Wildman–Crippen LogP) is 0.943. The summed E-state index contributed by atoms with van der Waals surface area (Å²) < 4.78 is 14.7. The van der Waals surface area contributed by atoms with Crippen molar-refractivity contribution in [1.29, 1.82) is 0 Å². The van der Waals surface area contributed by atoms with Crippen LogP contribution in [0, 0.1) is 0 Å². The zero-order chi connectivity index (χ0) is 11.7. The van der Waals surface area contributed by atoms with Crippen molar-refractivity contribution in [2.24, 2.45) is 0 Å². The molecule has 5 nitrogen and oxygen atoms in total. The molecule has 0 unspecified atom stereocenters. The van der Waals surface area contributed by atoms with Gasteiger partial charge < -0.3 is 14.2 Å². The van der Waals surface area contributed by atoms with Crippen LogP contribution >= 0.6 is 0 Å². The number of benzene rings is 1. The first-order valence-corrected chi connectivity index (χ1v) is 4.66. The number of hydrogen-bond donors (Lipinski definition) is 0. The lowest BCUT2D eigenvalue weighted by atomic mass is 10.0. The number of esters is 2. The van der Waals surface area contributed by atoms with Crippen LogP contribution in [0.3, 0.4) is 0 Å². The molecule has 0 saturated carbocycles. The molecule has 0 aliphatic carbocycles. The van der Waals surface area contributed by atoms with Gasteiger partial charge in [-0.1, -0.05) is 6.07 Å². The van der Waals surface area contributed by atoms with Crippen LogP contribution in [-0.4, -0.2) is 26.2 Å². The molecule has 2 rings (SSSR count). The van der Waals surface area contributed by atoms with Gasteiger partial charge in [0.15, 0.2) is 11.5 Å². The van der Waals surface area contributed by atoms with Crippen LogP contribution in [0.1, 0.15) is 15.9 Å². The van der Waals surface area contributed by atoms with Crippen molar-refractivity contribution in [1.82, 2.24) is 0 Å². The number of methoxy groups -OCH3 is 2. The number of cyclic esters (lactones) is 2. The topological polar surface area (TPSA) is 61.8 Å². The van der Waals surface area contributed by atoms with E-state index in [-0.39, 0.29) is 12.0 Å². The zero-order valence-electron chi connectivity index (χ0n) is 8.90. The molecule has 16 heavy (non-hydrogen) atoms. The number of carbonyl (C=O) groups is 2. The first kappa shape index (κ1) is 10.5. The van der Waals surface area contributed by atoms with Gasteiger partial charge in [0, 0.05) is 0 Å². The number of ether oxygens (including phenoxy) is 3. The van der Waals surface area contributed by atoms with E-state index in [4.69, 9.17) is 9.47 Å². The van der Waals surface area contributed by atoms with Gasteiger partial charge in [-0.3, -0.25) is 4.79 Å². The van der Waals surface area contributed by atoms with Crippen molar-refractivity contribution in [2.45, 2.75) is 6.42 Å². The molecule has 0 saturated heterocycles. The minimum atomic E-state index is -0.693. The van der Waals surface area contributed by atoms with Crippen molar-refractivity contribution in [3.63, 3.8) is 0 Å². The summed E-state index contributed by atoms with van der Waals surface area (Å²) in [5.74, 6) is -0.503. The molecule has 0 N–H and O–H groups in total. The molecule has 1 aromatic carbocycles. The Morgan fingerprint density at radius 3 is 2.56 bits per heavy atom. The molecular formula is C11H10O5. The van der Waals surface area contributed by atoms with E-state index >= 15 is 0 Å². The first-order chi connectivity index (χ1) is 7.67. The number of rotatable bonds is 2. The number of fused-ring (bicyclic) bond motifs is 1. The molecule has 1 heterocycles. The second-order valence-electron chi connectivity index (χ2n) is 3.27. The molecule has 0 radical (unpaired) electrons. The Balaban J connectivity index is 2.63. The van der Waals surface area contributed by atoms with Gasteiger partial charge in [0.2, 0.25) is 0 Å². The lowest BCUT2D eigenvalue weighted by molar-refractivity contribution is -0.137. The molecule has 0 bridgehead atoms. The summed E-state index contributed by atoms with van der Waals surface area (Å²) in [5.41, 5.74) is 0.861. The van der Waals surface area contributed by atoms with E-state index in [2.05, 4.69) is 4.74 Å². The van der Waals surface area contributed by atoms with Gasteiger partial charge in [-0.15, -0.1) is 0 Å². The fourth-order valence-electron chi connectivity index (χ4n) is 1.68. The Bertz CT molecular complexity index is 464. The molecule has 5 heteroatoms. The summed E-state index contributed by atoms with van der Waals surface area (Å²) in [5, 5.41) is 0. The summed E-state index contributed by atoms with van der Waals surface area (Å²) in [6.07, 6.45) is 0.0709. The van der Waals surface area contributed by atoms with E-state index in [0.717, 1.165) is 0 Å². The largest absolute Gasteiger partial charge is 0.493 e. The van der Waals surface area contributed by atoms with Crippen LogP contribution in [0.25, 0.3) is 0 Å². The van der Waals surface area contributed by atoms with Crippen molar-refractivity contribution in [2.75, 3.05) is 14.2 Å². The maximum absolute atomic E-state index is 11.6. The van der Waals surface area contributed by atoms with Gasteiger partial charge in [-0.25, -0.2) is 4.79 Å². The van der Waals surface area contributed by atoms with Gasteiger partial charge in [-0.05, 0) is 11.6 Å². The second kappa shape index (κ2) is 3.84. The first-order valence-electron chi connectivity index (χ1n) is 4.66. The fraction of sp³-hybridized carbons (Fsp3) is 0.273. The third kappa shape index (κ3) is 1.50. The maximum atomic E-state index is 11.6. The third-order valence-electron chi connectivity index (χ3n) is 2.38. The Labute approximate surface area is 91.9 Å². The number of carbonyl (C=O) groups excluding carboxylic acids is 2. The van der Waals surface area contributed by atoms with Crippen LogP contribution in [-0.2, 0) is 16.0 Å². The molecular weight excluding hydrogens is 212 g/mol. The number of hydrogen-bond acceptors (Lipinski definition) is 5. The van der Waals surface area contributed by atoms with Crippen molar-refractivity contribution < 1.29 is 23.8 Å². The van der Waals surface area contributed by atoms with Crippen LogP contribution in [0.5, 0.6) is 11.5 Å². The average Bonchev–Trinajstić information content (AvgIpc) is 2.27. The molecule has 84 valence electrons. The third-order valence-corrected chi connectivity index (χ3v) is 2.38. The Hall–Kier alpha value is -2.04. The van der Waals surface area contributed by atoms with Crippen LogP contribution < -0.4 is 9.47 Å². The van der Waals surface area contributed by atoms with Crippen molar-refractivity contribution in [3.05, 3.63) is 23.3 Å². The summed E-state index contributed by atoms with van der Waals surface area (Å²) in [7, 11) is 2.91. The molecule has 0 aromatic heterocycles. The summed E-state index contributed by atoms with van der Waals surface area (Å²) >= 11 is 0. The van der Waals surface area contributed by atoms with E-state index < -0.39 is 11.9 Å². The van der Waals surface area contributed by atoms with Crippen LogP contribution in [0.2, 0.25) is 0 Å². The highest BCUT2D eigenvalue weighted by atomic mass is 16.6. The highest BCUT2D eigenvalue weighted by molar-refractivity contribution is 6.05. The van der Waals surface area contributed by atoms with Crippen molar-refractivity contribution in [3.8, 4) is 11.5 Å². The Kier molecular flexibility index (Phi) is 2.52. The normalized spacial score (nSPS) is 14.1. The quantitative estimate of drug-likeness (QED) is 0.550. The maximum Gasteiger partial charge on any atom is 0.350 e. The molecule has 1 aromatic rings. The predicted molar refractivity (Wildman–Crippen MR) is 53.7 cm³/mol. The minimum Gasteiger partial charge on any atom is -0.493 e. The SMILES string of the molecule is COc1ccc2c(c1OC)C(=O)OC(=O)C2. The zero-order valence-corrected chi connectivity index (χ0v) is 8.90. The Morgan fingerprint density at radius 2 is 1.94 bits per heavy atom. The molecule has 1 aliphatic rings. The lowest BCUT2D eigenvalue weighted by Gasteiger charge is -2.18. The van der Waals surface area contributed by atoms with E-state index in [1.54, 1.807) is 12.1 Å². The minimum absolute atomic E-state index is 0.0709. The van der Waals surface area contributed by atoms with E-state index in [9.17, 15) is 9.59 Å². The van der Waals surface area contributed by atoms with Crippen molar-refractivity contribution >= 4 is 11.9 Å². The fourth-order valence-corrected chi connectivity index (χ4v) is 1.68. The van der Waals surface area contributed by atoms with Gasteiger partial charge in [0.25, 0.3) is 0 Å². The van der Waals surface area contributed by atoms with Gasteiger partial charge in [0.1, 0.15) is 5.56 Å².